The van der Waals surface area contributed by atoms with Crippen molar-refractivity contribution in [1.29, 1.82) is 0 Å². The van der Waals surface area contributed by atoms with Gasteiger partial charge in [-0.15, -0.1) is 0 Å². The highest BCUT2D eigenvalue weighted by Gasteiger charge is 2.22. The molecule has 0 fully saturated rings. The zero-order valence-electron chi connectivity index (χ0n) is 15.3. The van der Waals surface area contributed by atoms with Gasteiger partial charge >= 0.3 is 5.97 Å². The number of aryl methyl sites for hydroxylation is 1. The Balaban J connectivity index is 2.25. The third kappa shape index (κ3) is 4.47. The average Bonchev–Trinajstić information content (AvgIpc) is 2.85. The lowest BCUT2D eigenvalue weighted by Gasteiger charge is -2.21. The highest BCUT2D eigenvalue weighted by atomic mass is 16.4. The van der Waals surface area contributed by atoms with Crippen molar-refractivity contribution in [3.8, 4) is 0 Å². The maximum atomic E-state index is 12.5. The predicted octanol–water partition coefficient (Wildman–Crippen LogP) is 2.97. The van der Waals surface area contributed by atoms with Crippen molar-refractivity contribution in [3.63, 3.8) is 0 Å². The van der Waals surface area contributed by atoms with Crippen LogP contribution in [0.3, 0.4) is 0 Å². The lowest BCUT2D eigenvalue weighted by molar-refractivity contribution is -0.137. The maximum Gasteiger partial charge on any atom is 0.305 e. The van der Waals surface area contributed by atoms with E-state index in [0.717, 1.165) is 16.8 Å². The molecule has 25 heavy (non-hydrogen) atoms. The quantitative estimate of drug-likeness (QED) is 0.874. The molecular formula is C19H25N3O3. The Morgan fingerprint density at radius 3 is 2.28 bits per heavy atom. The van der Waals surface area contributed by atoms with E-state index in [9.17, 15) is 14.7 Å². The summed E-state index contributed by atoms with van der Waals surface area (Å²) in [5.74, 6) is -1.29. The summed E-state index contributed by atoms with van der Waals surface area (Å²) in [6.07, 6.45) is 1.31. The Kier molecular flexibility index (Phi) is 5.30. The van der Waals surface area contributed by atoms with Crippen molar-refractivity contribution >= 4 is 11.9 Å². The lowest BCUT2D eigenvalue weighted by atomic mass is 9.86. The van der Waals surface area contributed by atoms with Crippen LogP contribution in [0.2, 0.25) is 0 Å². The molecule has 6 nitrogen and oxygen atoms in total. The molecule has 0 saturated carbocycles. The predicted molar refractivity (Wildman–Crippen MR) is 95.5 cm³/mol. The van der Waals surface area contributed by atoms with Crippen LogP contribution < -0.4 is 5.32 Å². The van der Waals surface area contributed by atoms with Crippen LogP contribution in [-0.4, -0.2) is 26.8 Å². The topological polar surface area (TPSA) is 84.2 Å². The number of hydrogen-bond acceptors (Lipinski definition) is 3. The molecule has 6 heteroatoms. The first-order valence-electron chi connectivity index (χ1n) is 8.21. The lowest BCUT2D eigenvalue weighted by Crippen LogP contribution is -2.30. The molecule has 2 aromatic rings. The Morgan fingerprint density at radius 2 is 1.84 bits per heavy atom. The molecule has 0 bridgehead atoms. The van der Waals surface area contributed by atoms with E-state index in [1.165, 1.54) is 6.20 Å². The Labute approximate surface area is 147 Å². The molecule has 0 spiro atoms. The van der Waals surface area contributed by atoms with Crippen LogP contribution in [0.4, 0.5) is 0 Å². The normalized spacial score (nSPS) is 12.7. The van der Waals surface area contributed by atoms with Gasteiger partial charge in [-0.2, -0.15) is 5.10 Å². The molecule has 0 aliphatic rings. The number of carboxylic acids is 1. The van der Waals surface area contributed by atoms with Gasteiger partial charge in [-0.1, -0.05) is 45.0 Å². The minimum atomic E-state index is -0.965. The molecule has 1 atom stereocenters. The van der Waals surface area contributed by atoms with E-state index in [1.54, 1.807) is 18.7 Å². The second-order valence-corrected chi connectivity index (χ2v) is 7.26. The molecular weight excluding hydrogens is 318 g/mol. The van der Waals surface area contributed by atoms with Gasteiger partial charge < -0.3 is 10.4 Å². The first-order valence-corrected chi connectivity index (χ1v) is 8.21. The Morgan fingerprint density at radius 1 is 1.24 bits per heavy atom. The number of carbonyl (C=O) groups excluding carboxylic acids is 1. The van der Waals surface area contributed by atoms with Gasteiger partial charge in [0.2, 0.25) is 0 Å². The number of aliphatic carboxylic acids is 1. The fourth-order valence-corrected chi connectivity index (χ4v) is 2.60. The number of aromatic nitrogens is 2. The molecule has 0 aliphatic carbocycles. The van der Waals surface area contributed by atoms with Crippen molar-refractivity contribution in [2.75, 3.05) is 0 Å². The van der Waals surface area contributed by atoms with E-state index in [0.29, 0.717) is 5.56 Å². The highest BCUT2D eigenvalue weighted by Crippen LogP contribution is 2.25. The van der Waals surface area contributed by atoms with Gasteiger partial charge in [0, 0.05) is 12.7 Å². The number of hydrogen-bond donors (Lipinski definition) is 2. The van der Waals surface area contributed by atoms with Crippen LogP contribution >= 0.6 is 0 Å². The number of nitrogens with one attached hydrogen (secondary N) is 1. The van der Waals surface area contributed by atoms with E-state index in [4.69, 9.17) is 0 Å². The molecule has 134 valence electrons. The summed E-state index contributed by atoms with van der Waals surface area (Å²) < 4.78 is 1.61. The minimum Gasteiger partial charge on any atom is -0.481 e. The van der Waals surface area contributed by atoms with Crippen LogP contribution in [0.25, 0.3) is 0 Å². The van der Waals surface area contributed by atoms with Gasteiger partial charge in [-0.25, -0.2) is 0 Å². The molecule has 1 heterocycles. The first kappa shape index (κ1) is 18.7. The molecule has 0 saturated heterocycles. The summed E-state index contributed by atoms with van der Waals surface area (Å²) in [7, 11) is 1.76. The fraction of sp³-hybridized carbons (Fsp3) is 0.421. The third-order valence-electron chi connectivity index (χ3n) is 4.34. The second-order valence-electron chi connectivity index (χ2n) is 7.26. The zero-order chi connectivity index (χ0) is 18.8. The van der Waals surface area contributed by atoms with Crippen molar-refractivity contribution in [2.45, 2.75) is 45.6 Å². The molecule has 1 aromatic carbocycles. The van der Waals surface area contributed by atoms with Crippen LogP contribution in [0.15, 0.2) is 30.5 Å². The summed E-state index contributed by atoms with van der Waals surface area (Å²) in [5, 5.41) is 16.1. The summed E-state index contributed by atoms with van der Waals surface area (Å²) in [6.45, 7) is 8.14. The van der Waals surface area contributed by atoms with Crippen molar-refractivity contribution in [3.05, 3.63) is 52.8 Å². The summed E-state index contributed by atoms with van der Waals surface area (Å²) >= 11 is 0. The van der Waals surface area contributed by atoms with E-state index < -0.39 is 12.0 Å². The monoisotopic (exact) mass is 343 g/mol. The van der Waals surface area contributed by atoms with Gasteiger partial charge in [0.25, 0.3) is 5.91 Å². The second kappa shape index (κ2) is 7.09. The van der Waals surface area contributed by atoms with Gasteiger partial charge in [0.1, 0.15) is 0 Å². The van der Waals surface area contributed by atoms with E-state index in [2.05, 4.69) is 31.2 Å². The van der Waals surface area contributed by atoms with E-state index in [-0.39, 0.29) is 17.7 Å². The summed E-state index contributed by atoms with van der Waals surface area (Å²) in [5.41, 5.74) is 3.11. The molecule has 2 rings (SSSR count). The van der Waals surface area contributed by atoms with Crippen LogP contribution in [0.5, 0.6) is 0 Å². The maximum absolute atomic E-state index is 12.5. The third-order valence-corrected chi connectivity index (χ3v) is 4.34. The number of carbonyl (C=O) groups is 2. The highest BCUT2D eigenvalue weighted by molar-refractivity contribution is 5.95. The number of benzene rings is 1. The van der Waals surface area contributed by atoms with Crippen molar-refractivity contribution < 1.29 is 14.7 Å². The average molecular weight is 343 g/mol. The van der Waals surface area contributed by atoms with Crippen LogP contribution in [0, 0.1) is 6.92 Å². The van der Waals surface area contributed by atoms with Gasteiger partial charge in [-0.3, -0.25) is 14.3 Å². The van der Waals surface area contributed by atoms with Gasteiger partial charge in [0.15, 0.2) is 0 Å². The molecule has 0 aliphatic heterocycles. The fourth-order valence-electron chi connectivity index (χ4n) is 2.60. The number of amides is 1. The minimum absolute atomic E-state index is 0.0108. The van der Waals surface area contributed by atoms with Crippen molar-refractivity contribution in [1.82, 2.24) is 15.1 Å². The number of carboxylic acid groups (broad SMARTS) is 1. The van der Waals surface area contributed by atoms with E-state index >= 15 is 0 Å². The summed E-state index contributed by atoms with van der Waals surface area (Å²) in [4.78, 5) is 23.7. The van der Waals surface area contributed by atoms with Crippen LogP contribution in [-0.2, 0) is 17.3 Å². The largest absolute Gasteiger partial charge is 0.481 e. The van der Waals surface area contributed by atoms with Crippen LogP contribution in [0.1, 0.15) is 60.4 Å². The Hall–Kier alpha value is -2.63. The molecule has 1 amide bonds. The number of rotatable bonds is 5. The first-order chi connectivity index (χ1) is 11.6. The molecule has 1 aromatic heterocycles. The molecule has 2 N–H and O–H groups in total. The smallest absolute Gasteiger partial charge is 0.305 e. The number of nitrogens with zero attached hydrogens (tertiary/aromatic N) is 2. The van der Waals surface area contributed by atoms with E-state index in [1.807, 2.05) is 24.3 Å². The molecule has 0 radical (unpaired) electrons. The van der Waals surface area contributed by atoms with Crippen molar-refractivity contribution in [2.24, 2.45) is 7.05 Å². The Bertz CT molecular complexity index is 770. The van der Waals surface area contributed by atoms with Gasteiger partial charge in [-0.05, 0) is 23.5 Å². The SMILES string of the molecule is Cc1c(C(=O)NC(CC(=O)O)c2ccc(C(C)(C)C)cc2)cnn1C. The van der Waals surface area contributed by atoms with Gasteiger partial charge in [0.05, 0.1) is 24.2 Å². The zero-order valence-corrected chi connectivity index (χ0v) is 15.3. The summed E-state index contributed by atoms with van der Waals surface area (Å²) in [6, 6.07) is 7.12. The standard InChI is InChI=1S/C19H25N3O3/c1-12-15(11-20-22(12)5)18(25)21-16(10-17(23)24)13-6-8-14(9-7-13)19(2,3)4/h6-9,11,16H,10H2,1-5H3,(H,21,25)(H,23,24). The molecule has 1 unspecified atom stereocenters.